The van der Waals surface area contributed by atoms with E-state index in [2.05, 4.69) is 0 Å². The van der Waals surface area contributed by atoms with E-state index in [4.69, 9.17) is 41.9 Å². The molecule has 0 radical (unpaired) electrons. The van der Waals surface area contributed by atoms with Gasteiger partial charge in [0.2, 0.25) is 0 Å². The average Bonchev–Trinajstić information content (AvgIpc) is 2.83. The minimum Gasteiger partial charge on any atom is -0.402 e. The van der Waals surface area contributed by atoms with Crippen LogP contribution in [0.15, 0.2) is 65.9 Å². The summed E-state index contributed by atoms with van der Waals surface area (Å²) in [6.45, 7) is 10.4. The minimum absolute atomic E-state index is 0.363. The molecule has 0 aliphatic carbocycles. The molecular formula is C26H42N4O4. The molecule has 34 heavy (non-hydrogen) atoms. The van der Waals surface area contributed by atoms with Crippen molar-refractivity contribution in [3.8, 4) is 0 Å². The molecule has 2 aromatic rings. The van der Waals surface area contributed by atoms with E-state index in [1.807, 2.05) is 82.3 Å². The Hall–Kier alpha value is -2.46. The summed E-state index contributed by atoms with van der Waals surface area (Å²) in [7, 11) is 0. The van der Waals surface area contributed by atoms with Gasteiger partial charge in [-0.3, -0.25) is 0 Å². The maximum Gasteiger partial charge on any atom is 0.183 e. The smallest absolute Gasteiger partial charge is 0.183 e. The maximum atomic E-state index is 5.87. The number of nitrogens with two attached hydrogens (primary N) is 4. The highest BCUT2D eigenvalue weighted by Crippen LogP contribution is 2.19. The zero-order valence-electron chi connectivity index (χ0n) is 21.0. The van der Waals surface area contributed by atoms with Gasteiger partial charge in [0.15, 0.2) is 12.1 Å². The Morgan fingerprint density at radius 1 is 0.853 bits per heavy atom. The molecule has 0 atom stereocenters. The summed E-state index contributed by atoms with van der Waals surface area (Å²) in [4.78, 5) is 0. The summed E-state index contributed by atoms with van der Waals surface area (Å²) in [5, 5.41) is 0. The third kappa shape index (κ3) is 12.1. The van der Waals surface area contributed by atoms with E-state index in [0.29, 0.717) is 39.5 Å². The fourth-order valence-electron chi connectivity index (χ4n) is 2.56. The normalized spacial score (nSPS) is 12.2. The Morgan fingerprint density at radius 2 is 1.41 bits per heavy atom. The van der Waals surface area contributed by atoms with Crippen molar-refractivity contribution in [1.82, 2.24) is 0 Å². The first-order valence-corrected chi connectivity index (χ1v) is 11.4. The molecule has 0 unspecified atom stereocenters. The van der Waals surface area contributed by atoms with Gasteiger partial charge in [0.1, 0.15) is 0 Å². The third-order valence-corrected chi connectivity index (χ3v) is 4.79. The van der Waals surface area contributed by atoms with Crippen LogP contribution in [-0.4, -0.2) is 38.7 Å². The number of ether oxygens (including phenoxy) is 4. The van der Waals surface area contributed by atoms with Crippen LogP contribution in [0.1, 0.15) is 45.1 Å². The van der Waals surface area contributed by atoms with E-state index in [0.717, 1.165) is 28.1 Å². The van der Waals surface area contributed by atoms with Crippen LogP contribution in [0.25, 0.3) is 0 Å². The van der Waals surface area contributed by atoms with Crippen LogP contribution in [0.3, 0.4) is 0 Å². The van der Waals surface area contributed by atoms with Crippen molar-refractivity contribution in [1.29, 1.82) is 0 Å². The van der Waals surface area contributed by atoms with Gasteiger partial charge < -0.3 is 41.9 Å². The van der Waals surface area contributed by atoms with Crippen molar-refractivity contribution in [3.63, 3.8) is 0 Å². The zero-order valence-corrected chi connectivity index (χ0v) is 21.0. The van der Waals surface area contributed by atoms with Gasteiger partial charge in [-0.2, -0.15) is 0 Å². The monoisotopic (exact) mass is 474 g/mol. The first-order chi connectivity index (χ1) is 16.2. The van der Waals surface area contributed by atoms with E-state index in [1.165, 1.54) is 0 Å². The minimum atomic E-state index is -0.682. The summed E-state index contributed by atoms with van der Waals surface area (Å²) >= 11 is 0. The predicted molar refractivity (Wildman–Crippen MR) is 137 cm³/mol. The molecule has 8 heteroatoms. The molecule has 0 aromatic heterocycles. The standard InChI is InChI=1S/C15H24N2O2.C11H18N2O2/c1-11(12(2)16)9-18-15(3,4)19-10-13-7-5-6-8-14(13)17;12-6-8-14-11(15-9-7-13)10-4-2-1-3-5-10/h5-8H,9-10,16-17H2,1-4H3;1-5,11H,6-9,12-13H2/b12-11-;. The summed E-state index contributed by atoms with van der Waals surface area (Å²) < 4.78 is 22.4. The lowest BCUT2D eigenvalue weighted by Crippen LogP contribution is -2.29. The highest BCUT2D eigenvalue weighted by molar-refractivity contribution is 5.45. The van der Waals surface area contributed by atoms with Gasteiger partial charge in [0.05, 0.1) is 26.4 Å². The van der Waals surface area contributed by atoms with Gasteiger partial charge in [0.25, 0.3) is 0 Å². The van der Waals surface area contributed by atoms with Gasteiger partial charge in [-0.1, -0.05) is 48.5 Å². The molecule has 8 N–H and O–H groups in total. The molecule has 0 bridgehead atoms. The van der Waals surface area contributed by atoms with Crippen LogP contribution in [0, 0.1) is 0 Å². The van der Waals surface area contributed by atoms with Crippen molar-refractivity contribution in [2.24, 2.45) is 17.2 Å². The Bertz CT molecular complexity index is 832. The van der Waals surface area contributed by atoms with Crippen LogP contribution in [-0.2, 0) is 25.6 Å². The second kappa shape index (κ2) is 16.2. The van der Waals surface area contributed by atoms with Crippen LogP contribution >= 0.6 is 0 Å². The molecular weight excluding hydrogens is 432 g/mol. The van der Waals surface area contributed by atoms with E-state index in [1.54, 1.807) is 0 Å². The SMILES string of the molecule is C/C(N)=C(\C)COC(C)(C)OCc1ccccc1N.NCCOC(OCCN)c1ccccc1. The number of hydrogen-bond acceptors (Lipinski definition) is 8. The quantitative estimate of drug-likeness (QED) is 0.256. The molecule has 0 saturated carbocycles. The zero-order chi connectivity index (χ0) is 25.4. The Balaban J connectivity index is 0.000000350. The van der Waals surface area contributed by atoms with Crippen LogP contribution in [0.5, 0.6) is 0 Å². The van der Waals surface area contributed by atoms with Crippen molar-refractivity contribution in [2.45, 2.75) is 46.4 Å². The van der Waals surface area contributed by atoms with E-state index in [-0.39, 0.29) is 6.29 Å². The number of anilines is 1. The fourth-order valence-corrected chi connectivity index (χ4v) is 2.56. The molecule has 0 aliphatic rings. The van der Waals surface area contributed by atoms with Gasteiger partial charge >= 0.3 is 0 Å². The molecule has 0 spiro atoms. The molecule has 0 amide bonds. The van der Waals surface area contributed by atoms with E-state index in [9.17, 15) is 0 Å². The van der Waals surface area contributed by atoms with E-state index >= 15 is 0 Å². The first-order valence-electron chi connectivity index (χ1n) is 11.4. The Labute approximate surface area is 204 Å². The summed E-state index contributed by atoms with van der Waals surface area (Å²) in [5.74, 6) is -0.682. The van der Waals surface area contributed by atoms with Crippen LogP contribution < -0.4 is 22.9 Å². The molecule has 0 fully saturated rings. The molecule has 0 saturated heterocycles. The summed E-state index contributed by atoms with van der Waals surface area (Å²) in [6, 6.07) is 17.4. The predicted octanol–water partition coefficient (Wildman–Crippen LogP) is 3.43. The van der Waals surface area contributed by atoms with Gasteiger partial charge in [-0.15, -0.1) is 0 Å². The highest BCUT2D eigenvalue weighted by Gasteiger charge is 2.19. The van der Waals surface area contributed by atoms with Gasteiger partial charge in [-0.25, -0.2) is 0 Å². The average molecular weight is 475 g/mol. The number of benzene rings is 2. The second-order valence-electron chi connectivity index (χ2n) is 8.20. The molecule has 2 rings (SSSR count). The van der Waals surface area contributed by atoms with Gasteiger partial charge in [-0.05, 0) is 39.3 Å². The van der Waals surface area contributed by atoms with Crippen molar-refractivity contribution >= 4 is 5.69 Å². The second-order valence-corrected chi connectivity index (χ2v) is 8.20. The maximum absolute atomic E-state index is 5.87. The number of allylic oxidation sites excluding steroid dienone is 1. The lowest BCUT2D eigenvalue weighted by atomic mass is 10.2. The summed E-state index contributed by atoms with van der Waals surface area (Å²) in [6.07, 6.45) is -0.363. The first kappa shape index (κ1) is 29.6. The van der Waals surface area contributed by atoms with E-state index < -0.39 is 5.79 Å². The number of hydrogen-bond donors (Lipinski definition) is 4. The van der Waals surface area contributed by atoms with Crippen molar-refractivity contribution in [2.75, 3.05) is 38.6 Å². The van der Waals surface area contributed by atoms with Gasteiger partial charge in [0, 0.05) is 35.6 Å². The Kier molecular flexibility index (Phi) is 14.1. The van der Waals surface area contributed by atoms with Crippen LogP contribution in [0.4, 0.5) is 5.69 Å². The topological polar surface area (TPSA) is 141 Å². The highest BCUT2D eigenvalue weighted by atomic mass is 16.7. The molecule has 8 nitrogen and oxygen atoms in total. The fraction of sp³-hybridized carbons (Fsp3) is 0.462. The molecule has 190 valence electrons. The largest absolute Gasteiger partial charge is 0.402 e. The Morgan fingerprint density at radius 3 is 1.94 bits per heavy atom. The number of rotatable bonds is 13. The lowest BCUT2D eigenvalue weighted by Gasteiger charge is -2.26. The van der Waals surface area contributed by atoms with Crippen molar-refractivity contribution < 1.29 is 18.9 Å². The molecule has 2 aromatic carbocycles. The lowest BCUT2D eigenvalue weighted by molar-refractivity contribution is -0.215. The third-order valence-electron chi connectivity index (χ3n) is 4.79. The number of para-hydroxylation sites is 1. The van der Waals surface area contributed by atoms with Crippen molar-refractivity contribution in [3.05, 3.63) is 77.0 Å². The molecule has 0 heterocycles. The molecule has 0 aliphatic heterocycles. The summed E-state index contributed by atoms with van der Waals surface area (Å²) in [5.41, 5.74) is 26.8. The number of nitrogen functional groups attached to an aromatic ring is 1. The van der Waals surface area contributed by atoms with Crippen LogP contribution in [0.2, 0.25) is 0 Å².